The van der Waals surface area contributed by atoms with Crippen LogP contribution in [-0.4, -0.2) is 92.0 Å². The number of hydrogen-bond acceptors (Lipinski definition) is 8. The molecule has 0 aliphatic carbocycles. The second kappa shape index (κ2) is 10.6. The number of benzene rings is 1. The van der Waals surface area contributed by atoms with Crippen molar-refractivity contribution in [1.82, 2.24) is 25.2 Å². The molecule has 0 saturated carbocycles. The third-order valence-corrected chi connectivity index (χ3v) is 9.78. The predicted molar refractivity (Wildman–Crippen MR) is 145 cm³/mol. The first kappa shape index (κ1) is 24.6. The highest BCUT2D eigenvalue weighted by atomic mass is 32.2. The molecule has 0 amide bonds. The van der Waals surface area contributed by atoms with Crippen LogP contribution >= 0.6 is 0 Å². The van der Waals surface area contributed by atoms with Crippen LogP contribution in [0.3, 0.4) is 0 Å². The average Bonchev–Trinajstić information content (AvgIpc) is 3.39. The van der Waals surface area contributed by atoms with Crippen molar-refractivity contribution in [3.8, 4) is 11.3 Å². The first-order valence-corrected chi connectivity index (χ1v) is 14.8. The normalized spacial score (nSPS) is 20.9. The number of fused-ring (bicyclic) bond motifs is 1. The van der Waals surface area contributed by atoms with Crippen LogP contribution in [0.1, 0.15) is 25.7 Å². The van der Waals surface area contributed by atoms with Crippen LogP contribution in [0.4, 0.5) is 11.5 Å². The van der Waals surface area contributed by atoms with E-state index in [1.54, 1.807) is 6.33 Å². The number of nitrogens with zero attached hydrogens (tertiary/aromatic N) is 4. The molecular formula is C26H35N7O3S. The number of morpholine rings is 1. The number of aromatic amines is 1. The molecule has 11 heteroatoms. The zero-order valence-corrected chi connectivity index (χ0v) is 21.8. The van der Waals surface area contributed by atoms with Gasteiger partial charge in [0.05, 0.1) is 23.8 Å². The van der Waals surface area contributed by atoms with E-state index >= 15 is 0 Å². The minimum absolute atomic E-state index is 0.351. The number of likely N-dealkylation sites (tertiary alicyclic amines) is 1. The largest absolute Gasteiger partial charge is 0.378 e. The fourth-order valence-electron chi connectivity index (χ4n) is 5.80. The van der Waals surface area contributed by atoms with Crippen molar-refractivity contribution in [2.24, 2.45) is 0 Å². The molecule has 2 aromatic heterocycles. The summed E-state index contributed by atoms with van der Waals surface area (Å²) in [5.74, 6) is 0.909. The minimum Gasteiger partial charge on any atom is -0.378 e. The van der Waals surface area contributed by atoms with Crippen LogP contribution in [0.25, 0.3) is 22.3 Å². The third kappa shape index (κ3) is 5.31. The summed E-state index contributed by atoms with van der Waals surface area (Å²) >= 11 is 0. The van der Waals surface area contributed by atoms with Gasteiger partial charge in [0.2, 0.25) is 10.0 Å². The molecule has 0 radical (unpaired) electrons. The Balaban J connectivity index is 1.12. The summed E-state index contributed by atoms with van der Waals surface area (Å²) < 4.78 is 34.6. The lowest BCUT2D eigenvalue weighted by atomic mass is 10.0. The highest BCUT2D eigenvalue weighted by Gasteiger charge is 2.32. The van der Waals surface area contributed by atoms with E-state index in [0.717, 1.165) is 80.2 Å². The molecule has 0 bridgehead atoms. The Morgan fingerprint density at radius 3 is 2.41 bits per heavy atom. The number of piperidine rings is 2. The van der Waals surface area contributed by atoms with Crippen LogP contribution in [0.2, 0.25) is 0 Å². The maximum absolute atomic E-state index is 13.1. The van der Waals surface area contributed by atoms with Gasteiger partial charge in [0.1, 0.15) is 17.8 Å². The van der Waals surface area contributed by atoms with Gasteiger partial charge in [-0.3, -0.25) is 4.72 Å². The van der Waals surface area contributed by atoms with E-state index in [1.165, 1.54) is 0 Å². The molecule has 0 unspecified atom stereocenters. The Kier molecular flexibility index (Phi) is 7.02. The Morgan fingerprint density at radius 2 is 1.68 bits per heavy atom. The van der Waals surface area contributed by atoms with Crippen molar-refractivity contribution in [1.29, 1.82) is 0 Å². The molecule has 3 N–H and O–H groups in total. The summed E-state index contributed by atoms with van der Waals surface area (Å²) in [6, 6.07) is 10.2. The van der Waals surface area contributed by atoms with Crippen LogP contribution in [-0.2, 0) is 14.8 Å². The second-order valence-electron chi connectivity index (χ2n) is 10.2. The number of hydrogen-bond donors (Lipinski definition) is 3. The number of rotatable bonds is 6. The van der Waals surface area contributed by atoms with Crippen LogP contribution < -0.4 is 14.9 Å². The van der Waals surface area contributed by atoms with E-state index in [9.17, 15) is 8.42 Å². The molecule has 3 aliphatic heterocycles. The SMILES string of the molecule is O=S(=O)(Nc1ccc(-c2cc3c(N4CCOCC4)ncnc3[nH]2)cc1)C1CCN(C2CCNCC2)CC1. The molecule has 0 atom stereocenters. The third-order valence-electron chi connectivity index (χ3n) is 7.91. The van der Waals surface area contributed by atoms with Gasteiger partial charge in [0.15, 0.2) is 0 Å². The molecule has 5 heterocycles. The number of aromatic nitrogens is 3. The molecule has 10 nitrogen and oxygen atoms in total. The zero-order valence-electron chi connectivity index (χ0n) is 21.0. The van der Waals surface area contributed by atoms with Crippen molar-refractivity contribution in [3.63, 3.8) is 0 Å². The summed E-state index contributed by atoms with van der Waals surface area (Å²) in [7, 11) is -3.44. The Labute approximate surface area is 217 Å². The van der Waals surface area contributed by atoms with Crippen molar-refractivity contribution in [3.05, 3.63) is 36.7 Å². The number of ether oxygens (including phenoxy) is 1. The molecule has 3 aliphatic rings. The van der Waals surface area contributed by atoms with Gasteiger partial charge in [-0.05, 0) is 75.6 Å². The lowest BCUT2D eigenvalue weighted by Gasteiger charge is -2.39. The molecule has 3 aromatic rings. The lowest BCUT2D eigenvalue weighted by molar-refractivity contribution is 0.122. The van der Waals surface area contributed by atoms with E-state index in [0.29, 0.717) is 37.8 Å². The number of sulfonamides is 1. The molecule has 0 spiro atoms. The molecule has 1 aromatic carbocycles. The summed E-state index contributed by atoms with van der Waals surface area (Å²) in [6.07, 6.45) is 5.25. The zero-order chi connectivity index (χ0) is 25.2. The highest BCUT2D eigenvalue weighted by molar-refractivity contribution is 7.93. The van der Waals surface area contributed by atoms with Gasteiger partial charge in [-0.2, -0.15) is 0 Å². The minimum atomic E-state index is -3.44. The molecule has 3 saturated heterocycles. The van der Waals surface area contributed by atoms with Crippen LogP contribution in [0.15, 0.2) is 36.7 Å². The monoisotopic (exact) mass is 525 g/mol. The highest BCUT2D eigenvalue weighted by Crippen LogP contribution is 2.30. The summed E-state index contributed by atoms with van der Waals surface area (Å²) in [6.45, 7) is 6.81. The lowest BCUT2D eigenvalue weighted by Crippen LogP contribution is -2.49. The van der Waals surface area contributed by atoms with E-state index in [2.05, 4.69) is 40.9 Å². The Hall–Kier alpha value is -2.73. The molecule has 6 rings (SSSR count). The van der Waals surface area contributed by atoms with Gasteiger partial charge in [0, 0.05) is 30.5 Å². The predicted octanol–water partition coefficient (Wildman–Crippen LogP) is 2.42. The molecule has 37 heavy (non-hydrogen) atoms. The van der Waals surface area contributed by atoms with E-state index in [4.69, 9.17) is 4.74 Å². The second-order valence-corrected chi connectivity index (χ2v) is 12.1. The van der Waals surface area contributed by atoms with Gasteiger partial charge < -0.3 is 24.8 Å². The summed E-state index contributed by atoms with van der Waals surface area (Å²) in [5.41, 5.74) is 3.26. The number of H-pyrrole nitrogens is 1. The van der Waals surface area contributed by atoms with Gasteiger partial charge in [-0.25, -0.2) is 18.4 Å². The fourth-order valence-corrected chi connectivity index (χ4v) is 7.26. The van der Waals surface area contributed by atoms with Gasteiger partial charge >= 0.3 is 0 Å². The summed E-state index contributed by atoms with van der Waals surface area (Å²) in [5, 5.41) is 4.03. The maximum atomic E-state index is 13.1. The van der Waals surface area contributed by atoms with Gasteiger partial charge in [-0.1, -0.05) is 12.1 Å². The topological polar surface area (TPSA) is 115 Å². The molecule has 198 valence electrons. The summed E-state index contributed by atoms with van der Waals surface area (Å²) in [4.78, 5) is 17.0. The molecular weight excluding hydrogens is 490 g/mol. The first-order chi connectivity index (χ1) is 18.1. The van der Waals surface area contributed by atoms with E-state index in [1.807, 2.05) is 24.3 Å². The van der Waals surface area contributed by atoms with Crippen molar-refractivity contribution in [2.45, 2.75) is 37.0 Å². The van der Waals surface area contributed by atoms with Gasteiger partial charge in [0.25, 0.3) is 0 Å². The first-order valence-electron chi connectivity index (χ1n) is 13.3. The fraction of sp³-hybridized carbons (Fsp3) is 0.538. The van der Waals surface area contributed by atoms with Crippen LogP contribution in [0, 0.1) is 0 Å². The molecule has 3 fully saturated rings. The van der Waals surface area contributed by atoms with Crippen molar-refractivity contribution >= 4 is 32.6 Å². The standard InChI is InChI=1S/C26H35N7O3S/c34-37(35,22-7-11-32(12-8-22)21-5-9-27-10-6-21)31-20-3-1-19(2-4-20)24-17-23-25(30-24)28-18-29-26(23)33-13-15-36-16-14-33/h1-4,17-18,21-22,27,31H,5-16H2,(H,28,29,30). The Morgan fingerprint density at radius 1 is 0.946 bits per heavy atom. The number of anilines is 2. The van der Waals surface area contributed by atoms with Crippen molar-refractivity contribution < 1.29 is 13.2 Å². The quantitative estimate of drug-likeness (QED) is 0.450. The smallest absolute Gasteiger partial charge is 0.235 e. The van der Waals surface area contributed by atoms with Crippen LogP contribution in [0.5, 0.6) is 0 Å². The number of nitrogens with one attached hydrogen (secondary N) is 3. The van der Waals surface area contributed by atoms with E-state index in [-0.39, 0.29) is 5.25 Å². The maximum Gasteiger partial charge on any atom is 0.235 e. The van der Waals surface area contributed by atoms with Crippen molar-refractivity contribution in [2.75, 3.05) is 62.1 Å². The average molecular weight is 526 g/mol. The van der Waals surface area contributed by atoms with Gasteiger partial charge in [-0.15, -0.1) is 0 Å². The van der Waals surface area contributed by atoms with E-state index < -0.39 is 10.0 Å². The Bertz CT molecular complexity index is 1310.